The summed E-state index contributed by atoms with van der Waals surface area (Å²) < 4.78 is 59.9. The minimum Gasteiger partial charge on any atom is -0.406 e. The second-order valence-corrected chi connectivity index (χ2v) is 8.03. The van der Waals surface area contributed by atoms with Crippen molar-refractivity contribution in [2.24, 2.45) is 14.1 Å². The summed E-state index contributed by atoms with van der Waals surface area (Å²) in [6.07, 6.45) is -5.21. The van der Waals surface area contributed by atoms with Crippen molar-refractivity contribution < 1.29 is 22.3 Å². The van der Waals surface area contributed by atoms with Crippen LogP contribution in [0.3, 0.4) is 0 Å². The van der Waals surface area contributed by atoms with E-state index in [0.29, 0.717) is 5.02 Å². The number of ether oxygens (including phenoxy) is 1. The third-order valence-corrected chi connectivity index (χ3v) is 5.53. The van der Waals surface area contributed by atoms with E-state index in [1.165, 1.54) is 23.2 Å². The molecule has 0 unspecified atom stereocenters. The molecular weight excluding hydrogens is 480 g/mol. The van der Waals surface area contributed by atoms with E-state index in [-0.39, 0.29) is 35.5 Å². The highest BCUT2D eigenvalue weighted by Gasteiger charge is 2.31. The maximum Gasteiger partial charge on any atom is 0.573 e. The van der Waals surface area contributed by atoms with Gasteiger partial charge in [0.05, 0.1) is 0 Å². The molecule has 0 aliphatic carbocycles. The molecule has 2 aromatic carbocycles. The van der Waals surface area contributed by atoms with Crippen molar-refractivity contribution in [1.82, 2.24) is 18.7 Å². The smallest absolute Gasteiger partial charge is 0.406 e. The zero-order valence-electron chi connectivity index (χ0n) is 17.9. The maximum atomic E-state index is 14.5. The Morgan fingerprint density at radius 2 is 1.71 bits per heavy atom. The number of alkyl halides is 3. The number of benzene rings is 2. The standard InChI is InChI=1S/C22H17ClF4N4O3/c1-29-19-18(20(32)30(2)21(29)33)31(11-12-3-5-14(23)6-4-12)17(28-19)10-13-9-15(7-8-16(13)24)34-22(25,26)27/h3-9H,10-11H2,1-2H3. The molecule has 0 N–H and O–H groups in total. The molecule has 0 spiro atoms. The van der Waals surface area contributed by atoms with E-state index in [1.807, 2.05) is 0 Å². The van der Waals surface area contributed by atoms with E-state index in [4.69, 9.17) is 11.6 Å². The molecule has 2 heterocycles. The number of aromatic nitrogens is 4. The Morgan fingerprint density at radius 1 is 1.03 bits per heavy atom. The van der Waals surface area contributed by atoms with Crippen molar-refractivity contribution in [3.05, 3.63) is 91.1 Å². The van der Waals surface area contributed by atoms with Gasteiger partial charge in [-0.3, -0.25) is 13.9 Å². The van der Waals surface area contributed by atoms with Gasteiger partial charge in [-0.05, 0) is 41.5 Å². The Labute approximate surface area is 194 Å². The van der Waals surface area contributed by atoms with Crippen LogP contribution in [0.15, 0.2) is 52.1 Å². The molecule has 0 bridgehead atoms. The Balaban J connectivity index is 1.89. The SMILES string of the molecule is Cn1c(=O)c2c(nc(Cc3cc(OC(F)(F)F)ccc3F)n2Cc2ccc(Cl)cc2)n(C)c1=O. The molecule has 34 heavy (non-hydrogen) atoms. The lowest BCUT2D eigenvalue weighted by atomic mass is 10.1. The number of fused-ring (bicyclic) bond motifs is 1. The van der Waals surface area contributed by atoms with Crippen LogP contribution in [0, 0.1) is 5.82 Å². The zero-order valence-corrected chi connectivity index (χ0v) is 18.6. The number of hydrogen-bond acceptors (Lipinski definition) is 4. The lowest BCUT2D eigenvalue weighted by molar-refractivity contribution is -0.274. The quantitative estimate of drug-likeness (QED) is 0.394. The maximum absolute atomic E-state index is 14.5. The fourth-order valence-electron chi connectivity index (χ4n) is 3.62. The molecule has 0 saturated carbocycles. The molecular formula is C22H17ClF4N4O3. The monoisotopic (exact) mass is 496 g/mol. The van der Waals surface area contributed by atoms with Crippen molar-refractivity contribution >= 4 is 22.8 Å². The molecule has 4 rings (SSSR count). The molecule has 12 heteroatoms. The fourth-order valence-corrected chi connectivity index (χ4v) is 3.75. The Kier molecular flexibility index (Phi) is 5.98. The minimum absolute atomic E-state index is 0.0696. The van der Waals surface area contributed by atoms with Crippen molar-refractivity contribution in [3.8, 4) is 5.75 Å². The molecule has 0 radical (unpaired) electrons. The van der Waals surface area contributed by atoms with E-state index >= 15 is 0 Å². The van der Waals surface area contributed by atoms with Gasteiger partial charge in [0.15, 0.2) is 11.2 Å². The third-order valence-electron chi connectivity index (χ3n) is 5.28. The summed E-state index contributed by atoms with van der Waals surface area (Å²) in [5.41, 5.74) is -0.447. The average molecular weight is 497 g/mol. The number of hydrogen-bond donors (Lipinski definition) is 0. The average Bonchev–Trinajstić information content (AvgIpc) is 3.11. The van der Waals surface area contributed by atoms with Crippen LogP contribution in [0.25, 0.3) is 11.2 Å². The van der Waals surface area contributed by atoms with Crippen LogP contribution in [-0.2, 0) is 27.1 Å². The molecule has 178 valence electrons. The summed E-state index contributed by atoms with van der Waals surface area (Å²) >= 11 is 5.95. The van der Waals surface area contributed by atoms with Gasteiger partial charge in [-0.15, -0.1) is 13.2 Å². The van der Waals surface area contributed by atoms with Crippen LogP contribution in [0.1, 0.15) is 17.0 Å². The first-order chi connectivity index (χ1) is 15.9. The number of halogens is 5. The van der Waals surface area contributed by atoms with E-state index in [1.54, 1.807) is 24.3 Å². The van der Waals surface area contributed by atoms with Crippen LogP contribution in [0.2, 0.25) is 5.02 Å². The van der Waals surface area contributed by atoms with Gasteiger partial charge < -0.3 is 9.30 Å². The predicted molar refractivity (Wildman–Crippen MR) is 117 cm³/mol. The molecule has 2 aromatic heterocycles. The minimum atomic E-state index is -4.94. The van der Waals surface area contributed by atoms with E-state index < -0.39 is 29.2 Å². The number of aryl methyl sites for hydroxylation is 1. The molecule has 0 aliphatic rings. The Bertz CT molecular complexity index is 1500. The topological polar surface area (TPSA) is 71.1 Å². The Morgan fingerprint density at radius 3 is 2.35 bits per heavy atom. The van der Waals surface area contributed by atoms with Crippen molar-refractivity contribution in [2.75, 3.05) is 0 Å². The van der Waals surface area contributed by atoms with Crippen molar-refractivity contribution in [2.45, 2.75) is 19.3 Å². The molecule has 0 atom stereocenters. The number of nitrogens with zero attached hydrogens (tertiary/aromatic N) is 4. The van der Waals surface area contributed by atoms with E-state index in [0.717, 1.165) is 28.3 Å². The van der Waals surface area contributed by atoms with Gasteiger partial charge in [0.1, 0.15) is 17.4 Å². The van der Waals surface area contributed by atoms with Gasteiger partial charge in [-0.2, -0.15) is 0 Å². The van der Waals surface area contributed by atoms with Gasteiger partial charge >= 0.3 is 12.1 Å². The normalized spacial score (nSPS) is 11.9. The number of rotatable bonds is 5. The molecule has 0 aliphatic heterocycles. The first-order valence-corrected chi connectivity index (χ1v) is 10.3. The van der Waals surface area contributed by atoms with Gasteiger partial charge in [-0.25, -0.2) is 14.2 Å². The predicted octanol–water partition coefficient (Wildman–Crippen LogP) is 3.76. The molecule has 0 saturated heterocycles. The van der Waals surface area contributed by atoms with Crippen LogP contribution in [-0.4, -0.2) is 25.0 Å². The Hall–Kier alpha value is -3.60. The van der Waals surface area contributed by atoms with Crippen LogP contribution < -0.4 is 16.0 Å². The fraction of sp³-hybridized carbons (Fsp3) is 0.227. The van der Waals surface area contributed by atoms with Gasteiger partial charge in [0.2, 0.25) is 0 Å². The zero-order chi connectivity index (χ0) is 24.8. The highest BCUT2D eigenvalue weighted by Crippen LogP contribution is 2.26. The van der Waals surface area contributed by atoms with Crippen LogP contribution in [0.5, 0.6) is 5.75 Å². The summed E-state index contributed by atoms with van der Waals surface area (Å²) in [6, 6.07) is 9.40. The molecule has 0 fully saturated rings. The molecule has 7 nitrogen and oxygen atoms in total. The summed E-state index contributed by atoms with van der Waals surface area (Å²) in [6.45, 7) is 0.122. The summed E-state index contributed by atoms with van der Waals surface area (Å²) in [4.78, 5) is 29.7. The number of imidazole rings is 1. The molecule has 0 amide bonds. The van der Waals surface area contributed by atoms with Crippen LogP contribution in [0.4, 0.5) is 17.6 Å². The first-order valence-electron chi connectivity index (χ1n) is 9.88. The highest BCUT2D eigenvalue weighted by molar-refractivity contribution is 6.30. The summed E-state index contributed by atoms with van der Waals surface area (Å²) in [5.74, 6) is -1.19. The van der Waals surface area contributed by atoms with Crippen molar-refractivity contribution in [1.29, 1.82) is 0 Å². The second kappa shape index (κ2) is 8.64. The van der Waals surface area contributed by atoms with Crippen molar-refractivity contribution in [3.63, 3.8) is 0 Å². The van der Waals surface area contributed by atoms with Crippen LogP contribution >= 0.6 is 11.6 Å². The highest BCUT2D eigenvalue weighted by atomic mass is 35.5. The second-order valence-electron chi connectivity index (χ2n) is 7.60. The van der Waals surface area contributed by atoms with E-state index in [9.17, 15) is 27.2 Å². The van der Waals surface area contributed by atoms with Gasteiger partial charge in [0, 0.05) is 32.1 Å². The third kappa shape index (κ3) is 4.56. The summed E-state index contributed by atoms with van der Waals surface area (Å²) in [5, 5.41) is 0.501. The lowest BCUT2D eigenvalue weighted by Gasteiger charge is -2.12. The molecule has 4 aromatic rings. The largest absolute Gasteiger partial charge is 0.573 e. The lowest BCUT2D eigenvalue weighted by Crippen LogP contribution is -2.37. The van der Waals surface area contributed by atoms with E-state index in [2.05, 4.69) is 9.72 Å². The first kappa shape index (κ1) is 23.6. The van der Waals surface area contributed by atoms with Gasteiger partial charge in [0.25, 0.3) is 5.56 Å². The van der Waals surface area contributed by atoms with Gasteiger partial charge in [-0.1, -0.05) is 23.7 Å². The summed E-state index contributed by atoms with van der Waals surface area (Å²) in [7, 11) is 2.76.